The number of hydrazone groups is 1. The molecule has 0 saturated carbocycles. The van der Waals surface area contributed by atoms with Crippen molar-refractivity contribution in [2.75, 3.05) is 13.2 Å². The van der Waals surface area contributed by atoms with E-state index in [9.17, 15) is 4.79 Å². The van der Waals surface area contributed by atoms with E-state index in [1.807, 2.05) is 13.8 Å². The lowest BCUT2D eigenvalue weighted by Crippen LogP contribution is -2.27. The summed E-state index contributed by atoms with van der Waals surface area (Å²) in [6.45, 7) is 11.2. The van der Waals surface area contributed by atoms with Crippen molar-refractivity contribution in [1.29, 1.82) is 0 Å². The maximum atomic E-state index is 12.4. The fourth-order valence-electron chi connectivity index (χ4n) is 2.46. The number of carbonyl (C=O) groups excluding carboxylic acids is 1. The normalized spacial score (nSPS) is 14.7. The van der Waals surface area contributed by atoms with Gasteiger partial charge in [0.1, 0.15) is 13.2 Å². The van der Waals surface area contributed by atoms with E-state index in [1.165, 1.54) is 0 Å². The number of benzene rings is 1. The fourth-order valence-corrected chi connectivity index (χ4v) is 2.46. The molecule has 0 fully saturated rings. The largest absolute Gasteiger partial charge is 0.486 e. The van der Waals surface area contributed by atoms with Crippen LogP contribution in [0, 0.1) is 12.3 Å². The van der Waals surface area contributed by atoms with Crippen molar-refractivity contribution in [2.24, 2.45) is 10.5 Å². The monoisotopic (exact) mass is 304 g/mol. The van der Waals surface area contributed by atoms with E-state index >= 15 is 0 Å². The summed E-state index contributed by atoms with van der Waals surface area (Å²) in [4.78, 5) is 12.4. The van der Waals surface area contributed by atoms with Gasteiger partial charge in [0.2, 0.25) is 0 Å². The maximum Gasteiger partial charge on any atom is 0.271 e. The molecule has 0 unspecified atom stereocenters. The van der Waals surface area contributed by atoms with Crippen LogP contribution in [0.3, 0.4) is 0 Å². The molecule has 1 aromatic rings. The highest BCUT2D eigenvalue weighted by Crippen LogP contribution is 2.35. The topological polar surface area (TPSA) is 59.9 Å². The zero-order valence-electron chi connectivity index (χ0n) is 13.9. The highest BCUT2D eigenvalue weighted by Gasteiger charge is 2.21. The first kappa shape index (κ1) is 16.3. The summed E-state index contributed by atoms with van der Waals surface area (Å²) in [7, 11) is 0. The van der Waals surface area contributed by atoms with Crippen LogP contribution in [0.4, 0.5) is 0 Å². The molecule has 1 aromatic carbocycles. The number of nitrogens with zero attached hydrogens (tertiary/aromatic N) is 1. The molecule has 22 heavy (non-hydrogen) atoms. The Labute approximate surface area is 131 Å². The fraction of sp³-hybridized carbons (Fsp3) is 0.529. The van der Waals surface area contributed by atoms with Crippen molar-refractivity contribution in [3.8, 4) is 11.5 Å². The van der Waals surface area contributed by atoms with Crippen LogP contribution in [-0.4, -0.2) is 24.8 Å². The van der Waals surface area contributed by atoms with E-state index in [0.717, 1.165) is 17.7 Å². The molecule has 2 rings (SSSR count). The number of nitrogens with one attached hydrogen (secondary N) is 1. The zero-order chi connectivity index (χ0) is 16.3. The summed E-state index contributed by atoms with van der Waals surface area (Å²) in [6, 6.07) is 3.51. The second-order valence-electron chi connectivity index (χ2n) is 6.37. The van der Waals surface area contributed by atoms with E-state index < -0.39 is 0 Å². The van der Waals surface area contributed by atoms with Gasteiger partial charge in [0, 0.05) is 22.3 Å². The number of hydrogen-bond acceptors (Lipinski definition) is 4. The maximum absolute atomic E-state index is 12.4. The Morgan fingerprint density at radius 2 is 1.95 bits per heavy atom. The first-order chi connectivity index (χ1) is 10.3. The average molecular weight is 304 g/mol. The Morgan fingerprint density at radius 3 is 2.59 bits per heavy atom. The second kappa shape index (κ2) is 6.38. The summed E-state index contributed by atoms with van der Waals surface area (Å²) in [6.07, 6.45) is 0.796. The molecule has 1 aliphatic rings. The molecule has 0 atom stereocenters. The summed E-state index contributed by atoms with van der Waals surface area (Å²) < 4.78 is 11.1. The van der Waals surface area contributed by atoms with Crippen LogP contribution in [0.15, 0.2) is 17.2 Å². The molecule has 0 radical (unpaired) electrons. The predicted molar refractivity (Wildman–Crippen MR) is 86.8 cm³/mol. The van der Waals surface area contributed by atoms with Gasteiger partial charge in [-0.3, -0.25) is 4.79 Å². The van der Waals surface area contributed by atoms with Crippen molar-refractivity contribution >= 4 is 11.6 Å². The number of amides is 1. The quantitative estimate of drug-likeness (QED) is 0.688. The number of rotatable bonds is 3. The molecule has 0 aromatic heterocycles. The molecule has 120 valence electrons. The van der Waals surface area contributed by atoms with Gasteiger partial charge in [-0.25, -0.2) is 5.43 Å². The molecular formula is C17H24N2O3. The van der Waals surface area contributed by atoms with Crippen molar-refractivity contribution in [2.45, 2.75) is 41.0 Å². The third-order valence-electron chi connectivity index (χ3n) is 3.69. The SMILES string of the molecule is CCC(=NNC(=O)c1ccc2c(c1C)OCCO2)C(C)(C)C. The Hall–Kier alpha value is -2.04. The minimum Gasteiger partial charge on any atom is -0.486 e. The predicted octanol–water partition coefficient (Wildman–Crippen LogP) is 3.31. The van der Waals surface area contributed by atoms with Gasteiger partial charge < -0.3 is 9.47 Å². The molecule has 5 heteroatoms. The molecule has 0 bridgehead atoms. The van der Waals surface area contributed by atoms with Gasteiger partial charge >= 0.3 is 0 Å². The average Bonchev–Trinajstić information content (AvgIpc) is 2.47. The molecule has 0 saturated heterocycles. The van der Waals surface area contributed by atoms with Gasteiger partial charge in [-0.2, -0.15) is 5.10 Å². The van der Waals surface area contributed by atoms with Crippen molar-refractivity contribution in [3.63, 3.8) is 0 Å². The molecule has 1 heterocycles. The molecule has 1 N–H and O–H groups in total. The summed E-state index contributed by atoms with van der Waals surface area (Å²) in [5.41, 5.74) is 4.88. The standard InChI is InChI=1S/C17H24N2O3/c1-6-14(17(3,4)5)18-19-16(20)12-7-8-13-15(11(12)2)22-10-9-21-13/h7-8H,6,9-10H2,1-5H3,(H,19,20). The Balaban J connectivity index is 2.22. The van der Waals surface area contributed by atoms with E-state index in [1.54, 1.807) is 12.1 Å². The number of ether oxygens (including phenoxy) is 2. The van der Waals surface area contributed by atoms with Crippen LogP contribution in [-0.2, 0) is 0 Å². The Bertz CT molecular complexity index is 601. The van der Waals surface area contributed by atoms with Crippen LogP contribution in [0.5, 0.6) is 11.5 Å². The highest BCUT2D eigenvalue weighted by molar-refractivity contribution is 5.98. The molecule has 5 nitrogen and oxygen atoms in total. The minimum atomic E-state index is -0.232. The number of carbonyl (C=O) groups is 1. The van der Waals surface area contributed by atoms with Crippen LogP contribution in [0.25, 0.3) is 0 Å². The third-order valence-corrected chi connectivity index (χ3v) is 3.69. The third kappa shape index (κ3) is 3.40. The van der Waals surface area contributed by atoms with Gasteiger partial charge in [0.15, 0.2) is 11.5 Å². The van der Waals surface area contributed by atoms with Crippen molar-refractivity contribution in [3.05, 3.63) is 23.3 Å². The Kier molecular flexibility index (Phi) is 4.74. The zero-order valence-corrected chi connectivity index (χ0v) is 13.9. The van der Waals surface area contributed by atoms with Crippen molar-refractivity contribution in [1.82, 2.24) is 5.43 Å². The summed E-state index contributed by atoms with van der Waals surface area (Å²) in [5.74, 6) is 1.10. The van der Waals surface area contributed by atoms with E-state index in [2.05, 4.69) is 31.3 Å². The van der Waals surface area contributed by atoms with E-state index in [4.69, 9.17) is 9.47 Å². The number of hydrogen-bond donors (Lipinski definition) is 1. The Morgan fingerprint density at radius 1 is 1.27 bits per heavy atom. The van der Waals surface area contributed by atoms with E-state index in [-0.39, 0.29) is 11.3 Å². The first-order valence-corrected chi connectivity index (χ1v) is 7.61. The van der Waals surface area contributed by atoms with E-state index in [0.29, 0.717) is 30.3 Å². The van der Waals surface area contributed by atoms with Gasteiger partial charge in [0.25, 0.3) is 5.91 Å². The summed E-state index contributed by atoms with van der Waals surface area (Å²) in [5, 5.41) is 4.29. The van der Waals surface area contributed by atoms with Gasteiger partial charge in [0.05, 0.1) is 0 Å². The number of fused-ring (bicyclic) bond motifs is 1. The van der Waals surface area contributed by atoms with Crippen LogP contribution in [0.2, 0.25) is 0 Å². The first-order valence-electron chi connectivity index (χ1n) is 7.61. The van der Waals surface area contributed by atoms with Crippen LogP contribution >= 0.6 is 0 Å². The van der Waals surface area contributed by atoms with Crippen molar-refractivity contribution < 1.29 is 14.3 Å². The lowest BCUT2D eigenvalue weighted by atomic mass is 9.88. The lowest BCUT2D eigenvalue weighted by molar-refractivity contribution is 0.0952. The second-order valence-corrected chi connectivity index (χ2v) is 6.37. The molecule has 0 spiro atoms. The van der Waals surface area contributed by atoms with Gasteiger partial charge in [-0.05, 0) is 25.5 Å². The molecule has 1 amide bonds. The molecular weight excluding hydrogens is 280 g/mol. The minimum absolute atomic E-state index is 0.0656. The highest BCUT2D eigenvalue weighted by atomic mass is 16.6. The molecule has 0 aliphatic carbocycles. The van der Waals surface area contributed by atoms with Gasteiger partial charge in [-0.15, -0.1) is 0 Å². The summed E-state index contributed by atoms with van der Waals surface area (Å²) >= 11 is 0. The van der Waals surface area contributed by atoms with Gasteiger partial charge in [-0.1, -0.05) is 27.7 Å². The van der Waals surface area contributed by atoms with Crippen LogP contribution < -0.4 is 14.9 Å². The smallest absolute Gasteiger partial charge is 0.271 e. The molecule has 1 aliphatic heterocycles. The lowest BCUT2D eigenvalue weighted by Gasteiger charge is -2.22. The van der Waals surface area contributed by atoms with Crippen LogP contribution in [0.1, 0.15) is 50.0 Å².